The van der Waals surface area contributed by atoms with Gasteiger partial charge in [0, 0.05) is 6.54 Å². The Morgan fingerprint density at radius 2 is 2.00 bits per heavy atom. The zero-order valence-corrected chi connectivity index (χ0v) is 13.1. The van der Waals surface area contributed by atoms with Gasteiger partial charge in [0.1, 0.15) is 5.60 Å². The molecule has 0 spiro atoms. The van der Waals surface area contributed by atoms with Crippen LogP contribution < -0.4 is 10.6 Å². The van der Waals surface area contributed by atoms with Crippen LogP contribution in [0, 0.1) is 5.92 Å². The zero-order valence-electron chi connectivity index (χ0n) is 13.1. The van der Waals surface area contributed by atoms with E-state index < -0.39 is 5.60 Å². The highest BCUT2D eigenvalue weighted by Crippen LogP contribution is 2.20. The molecule has 0 aromatic carbocycles. The van der Waals surface area contributed by atoms with E-state index in [0.717, 1.165) is 44.9 Å². The molecule has 1 unspecified atom stereocenters. The fraction of sp³-hybridized carbons (Fsp3) is 0.933. The Kier molecular flexibility index (Phi) is 5.27. The van der Waals surface area contributed by atoms with Gasteiger partial charge in [-0.1, -0.05) is 0 Å². The van der Waals surface area contributed by atoms with E-state index >= 15 is 0 Å². The molecule has 0 aliphatic carbocycles. The molecule has 1 atom stereocenters. The first-order valence-corrected chi connectivity index (χ1v) is 7.89. The van der Waals surface area contributed by atoms with Gasteiger partial charge in [-0.15, -0.1) is 0 Å². The van der Waals surface area contributed by atoms with Crippen molar-refractivity contribution in [3.63, 3.8) is 0 Å². The highest BCUT2D eigenvalue weighted by molar-refractivity contribution is 5.68. The molecular formula is C15H29N3O2. The van der Waals surface area contributed by atoms with Gasteiger partial charge in [-0.05, 0) is 72.0 Å². The van der Waals surface area contributed by atoms with Crippen molar-refractivity contribution in [1.82, 2.24) is 15.5 Å². The van der Waals surface area contributed by atoms with E-state index in [-0.39, 0.29) is 12.3 Å². The average molecular weight is 283 g/mol. The number of nitrogens with one attached hydrogen (secondary N) is 2. The fourth-order valence-electron chi connectivity index (χ4n) is 2.91. The summed E-state index contributed by atoms with van der Waals surface area (Å²) in [6.45, 7) is 9.79. The van der Waals surface area contributed by atoms with Crippen molar-refractivity contribution in [2.75, 3.05) is 26.2 Å². The molecule has 1 amide bonds. The highest BCUT2D eigenvalue weighted by atomic mass is 16.6. The van der Waals surface area contributed by atoms with E-state index in [9.17, 15) is 4.79 Å². The molecule has 2 heterocycles. The molecule has 0 bridgehead atoms. The van der Waals surface area contributed by atoms with Crippen molar-refractivity contribution < 1.29 is 9.53 Å². The van der Waals surface area contributed by atoms with Crippen LogP contribution in [0.25, 0.3) is 0 Å². The summed E-state index contributed by atoms with van der Waals surface area (Å²) in [4.78, 5) is 14.0. The number of ether oxygens (including phenoxy) is 1. The number of likely N-dealkylation sites (tertiary alicyclic amines) is 1. The van der Waals surface area contributed by atoms with Gasteiger partial charge >= 0.3 is 6.09 Å². The van der Waals surface area contributed by atoms with Gasteiger partial charge in [-0.25, -0.2) is 4.79 Å². The molecule has 2 aliphatic rings. The van der Waals surface area contributed by atoms with Gasteiger partial charge in [-0.2, -0.15) is 0 Å². The van der Waals surface area contributed by atoms with E-state index in [1.54, 1.807) is 0 Å². The van der Waals surface area contributed by atoms with Gasteiger partial charge < -0.3 is 10.1 Å². The van der Waals surface area contributed by atoms with E-state index in [2.05, 4.69) is 10.6 Å². The molecule has 2 aliphatic heterocycles. The molecule has 5 nitrogen and oxygen atoms in total. The minimum atomic E-state index is -0.417. The first kappa shape index (κ1) is 15.6. The van der Waals surface area contributed by atoms with Crippen molar-refractivity contribution in [3.8, 4) is 0 Å². The monoisotopic (exact) mass is 283 g/mol. The van der Waals surface area contributed by atoms with Crippen LogP contribution in [0.5, 0.6) is 0 Å². The number of rotatable bonds is 3. The molecule has 5 heteroatoms. The third-order valence-electron chi connectivity index (χ3n) is 3.98. The Balaban J connectivity index is 1.79. The van der Waals surface area contributed by atoms with Crippen molar-refractivity contribution in [2.45, 2.75) is 58.2 Å². The summed E-state index contributed by atoms with van der Waals surface area (Å²) < 4.78 is 5.48. The summed E-state index contributed by atoms with van der Waals surface area (Å²) >= 11 is 0. The van der Waals surface area contributed by atoms with Crippen molar-refractivity contribution in [2.24, 2.45) is 5.92 Å². The molecule has 116 valence electrons. The number of amides is 1. The van der Waals surface area contributed by atoms with Crippen molar-refractivity contribution in [3.05, 3.63) is 0 Å². The molecule has 2 rings (SSSR count). The third-order valence-corrected chi connectivity index (χ3v) is 3.98. The standard InChI is InChI=1S/C15H29N3O2/c1-15(2,3)20-14(19)18-10-4-5-13(18)17-11-12-6-8-16-9-7-12/h12-13,16-17H,4-11H2,1-3H3. The Morgan fingerprint density at radius 3 is 2.65 bits per heavy atom. The van der Waals surface area contributed by atoms with Crippen LogP contribution in [0.3, 0.4) is 0 Å². The number of carbonyl (C=O) groups is 1. The van der Waals surface area contributed by atoms with E-state index in [4.69, 9.17) is 4.74 Å². The van der Waals surface area contributed by atoms with Crippen LogP contribution in [0.4, 0.5) is 4.79 Å². The van der Waals surface area contributed by atoms with E-state index in [1.807, 2.05) is 25.7 Å². The van der Waals surface area contributed by atoms with Crippen LogP contribution >= 0.6 is 0 Å². The van der Waals surface area contributed by atoms with Gasteiger partial charge in [0.25, 0.3) is 0 Å². The predicted molar refractivity (Wildman–Crippen MR) is 79.6 cm³/mol. The first-order chi connectivity index (χ1) is 9.46. The molecule has 20 heavy (non-hydrogen) atoms. The number of carbonyl (C=O) groups excluding carboxylic acids is 1. The molecule has 0 radical (unpaired) electrons. The Hall–Kier alpha value is -0.810. The molecule has 0 saturated carbocycles. The summed E-state index contributed by atoms with van der Waals surface area (Å²) in [5.41, 5.74) is -0.417. The highest BCUT2D eigenvalue weighted by Gasteiger charge is 2.32. The molecule has 2 saturated heterocycles. The lowest BCUT2D eigenvalue weighted by molar-refractivity contribution is 0.0195. The van der Waals surface area contributed by atoms with Crippen LogP contribution in [-0.2, 0) is 4.74 Å². The van der Waals surface area contributed by atoms with E-state index in [1.165, 1.54) is 12.8 Å². The van der Waals surface area contributed by atoms with Crippen LogP contribution in [0.15, 0.2) is 0 Å². The Labute approximate surface area is 122 Å². The average Bonchev–Trinajstić information content (AvgIpc) is 2.84. The molecule has 2 N–H and O–H groups in total. The topological polar surface area (TPSA) is 53.6 Å². The lowest BCUT2D eigenvalue weighted by Gasteiger charge is -2.31. The first-order valence-electron chi connectivity index (χ1n) is 7.89. The van der Waals surface area contributed by atoms with E-state index in [0.29, 0.717) is 0 Å². The second kappa shape index (κ2) is 6.76. The lowest BCUT2D eigenvalue weighted by atomic mass is 9.98. The summed E-state index contributed by atoms with van der Waals surface area (Å²) in [6.07, 6.45) is 4.52. The Bertz CT molecular complexity index is 322. The second-order valence-electron chi connectivity index (χ2n) is 6.93. The number of piperidine rings is 1. The van der Waals surface area contributed by atoms with Crippen LogP contribution in [-0.4, -0.2) is 48.9 Å². The zero-order chi connectivity index (χ0) is 14.6. The lowest BCUT2D eigenvalue weighted by Crippen LogP contribution is -2.48. The maximum atomic E-state index is 12.2. The van der Waals surface area contributed by atoms with Gasteiger partial charge in [0.05, 0.1) is 6.17 Å². The fourth-order valence-corrected chi connectivity index (χ4v) is 2.91. The molecule has 0 aromatic rings. The molecular weight excluding hydrogens is 254 g/mol. The van der Waals surface area contributed by atoms with Gasteiger partial charge in [0.2, 0.25) is 0 Å². The molecule has 0 aromatic heterocycles. The van der Waals surface area contributed by atoms with Crippen LogP contribution in [0.1, 0.15) is 46.5 Å². The second-order valence-corrected chi connectivity index (χ2v) is 6.93. The largest absolute Gasteiger partial charge is 0.444 e. The minimum Gasteiger partial charge on any atom is -0.444 e. The van der Waals surface area contributed by atoms with Crippen molar-refractivity contribution in [1.29, 1.82) is 0 Å². The SMILES string of the molecule is CC(C)(C)OC(=O)N1CCCC1NCC1CCNCC1. The number of hydrogen-bond donors (Lipinski definition) is 2. The quantitative estimate of drug-likeness (QED) is 0.831. The maximum absolute atomic E-state index is 12.2. The van der Waals surface area contributed by atoms with Crippen molar-refractivity contribution >= 4 is 6.09 Å². The summed E-state index contributed by atoms with van der Waals surface area (Å²) in [5, 5.41) is 6.95. The van der Waals surface area contributed by atoms with Gasteiger partial charge in [0.15, 0.2) is 0 Å². The minimum absolute atomic E-state index is 0.153. The normalized spacial score (nSPS) is 24.9. The predicted octanol–water partition coefficient (Wildman–Crippen LogP) is 1.93. The third kappa shape index (κ3) is 4.63. The summed E-state index contributed by atoms with van der Waals surface area (Å²) in [5.74, 6) is 0.734. The number of hydrogen-bond acceptors (Lipinski definition) is 4. The number of nitrogens with zero attached hydrogens (tertiary/aromatic N) is 1. The smallest absolute Gasteiger partial charge is 0.411 e. The summed E-state index contributed by atoms with van der Waals surface area (Å²) in [6, 6.07) is 0. The maximum Gasteiger partial charge on any atom is 0.411 e. The Morgan fingerprint density at radius 1 is 1.30 bits per heavy atom. The molecule has 2 fully saturated rings. The summed E-state index contributed by atoms with van der Waals surface area (Å²) in [7, 11) is 0. The van der Waals surface area contributed by atoms with Crippen LogP contribution in [0.2, 0.25) is 0 Å². The van der Waals surface area contributed by atoms with Gasteiger partial charge in [-0.3, -0.25) is 10.2 Å².